The maximum atomic E-state index is 11.8. The van der Waals surface area contributed by atoms with Crippen LogP contribution < -0.4 is 10.1 Å². The highest BCUT2D eigenvalue weighted by molar-refractivity contribution is 6.04. The third-order valence-electron chi connectivity index (χ3n) is 4.22. The lowest BCUT2D eigenvalue weighted by Gasteiger charge is -2.17. The summed E-state index contributed by atoms with van der Waals surface area (Å²) in [6.07, 6.45) is 5.53. The number of esters is 1. The molecule has 0 aliphatic carbocycles. The van der Waals surface area contributed by atoms with Gasteiger partial charge in [0.05, 0.1) is 18.4 Å². The van der Waals surface area contributed by atoms with Gasteiger partial charge in [0, 0.05) is 17.1 Å². The molecule has 1 aromatic heterocycles. The molecule has 3 aromatic rings. The Morgan fingerprint density at radius 1 is 1.15 bits per heavy atom. The monoisotopic (exact) mass is 348 g/mol. The average molecular weight is 348 g/mol. The fraction of sp³-hybridized carbons (Fsp3) is 0.100. The summed E-state index contributed by atoms with van der Waals surface area (Å²) in [6.45, 7) is 0.0430. The number of rotatable bonds is 3. The van der Waals surface area contributed by atoms with Gasteiger partial charge in [-0.25, -0.2) is 4.79 Å². The van der Waals surface area contributed by atoms with Crippen molar-refractivity contribution >= 4 is 40.6 Å². The fourth-order valence-corrected chi connectivity index (χ4v) is 2.92. The third kappa shape index (κ3) is 2.93. The van der Waals surface area contributed by atoms with Crippen LogP contribution in [0.1, 0.15) is 21.5 Å². The molecule has 6 heteroatoms. The highest BCUT2D eigenvalue weighted by atomic mass is 16.5. The van der Waals surface area contributed by atoms with Crippen molar-refractivity contribution in [2.75, 3.05) is 19.0 Å². The van der Waals surface area contributed by atoms with Crippen LogP contribution in [0.5, 0.6) is 5.75 Å². The van der Waals surface area contributed by atoms with Crippen LogP contribution in [-0.4, -0.2) is 30.6 Å². The number of hydrogen-bond acceptors (Lipinski definition) is 4. The Hall–Kier alpha value is -3.54. The molecule has 0 saturated heterocycles. The van der Waals surface area contributed by atoms with E-state index in [1.54, 1.807) is 6.20 Å². The van der Waals surface area contributed by atoms with Crippen molar-refractivity contribution in [2.45, 2.75) is 0 Å². The van der Waals surface area contributed by atoms with Crippen molar-refractivity contribution in [1.82, 2.24) is 4.98 Å². The van der Waals surface area contributed by atoms with E-state index in [0.717, 1.165) is 22.0 Å². The largest absolute Gasteiger partial charge is 0.482 e. The lowest BCUT2D eigenvalue weighted by molar-refractivity contribution is -0.118. The highest BCUT2D eigenvalue weighted by Crippen LogP contribution is 2.29. The minimum atomic E-state index is -0.372. The van der Waals surface area contributed by atoms with E-state index in [1.165, 1.54) is 7.11 Å². The van der Waals surface area contributed by atoms with Gasteiger partial charge in [0.1, 0.15) is 5.75 Å². The van der Waals surface area contributed by atoms with E-state index in [9.17, 15) is 9.59 Å². The zero-order valence-electron chi connectivity index (χ0n) is 14.0. The van der Waals surface area contributed by atoms with E-state index in [4.69, 9.17) is 9.47 Å². The van der Waals surface area contributed by atoms with Gasteiger partial charge in [0.25, 0.3) is 5.91 Å². The van der Waals surface area contributed by atoms with Crippen LogP contribution in [0.4, 0.5) is 5.69 Å². The van der Waals surface area contributed by atoms with Crippen molar-refractivity contribution in [3.8, 4) is 5.75 Å². The summed E-state index contributed by atoms with van der Waals surface area (Å²) in [7, 11) is 1.36. The number of ether oxygens (including phenoxy) is 2. The second-order valence-electron chi connectivity index (χ2n) is 5.92. The summed E-state index contributed by atoms with van der Waals surface area (Å²) in [4.78, 5) is 26.3. The molecule has 0 bridgehead atoms. The molecule has 2 aromatic carbocycles. The number of benzene rings is 2. The number of fused-ring (bicyclic) bond motifs is 2. The first-order valence-electron chi connectivity index (χ1n) is 8.08. The maximum absolute atomic E-state index is 11.8. The summed E-state index contributed by atoms with van der Waals surface area (Å²) in [5, 5.41) is 3.60. The van der Waals surface area contributed by atoms with Gasteiger partial charge in [-0.3, -0.25) is 4.79 Å². The number of anilines is 1. The Labute approximate surface area is 149 Å². The average Bonchev–Trinajstić information content (AvgIpc) is 3.08. The standard InChI is InChI=1S/C20H16N2O4/c1-25-20(24)15-10-21-16-6-4-12(8-14(15)16)2-3-13-5-7-18-17(9-13)22-19(23)11-26-18/h2-10,21H,11H2,1H3,(H,22,23)/b3-2+. The molecule has 1 aliphatic heterocycles. The summed E-state index contributed by atoms with van der Waals surface area (Å²) < 4.78 is 10.2. The molecule has 0 fully saturated rings. The smallest absolute Gasteiger partial charge is 0.340 e. The first-order valence-corrected chi connectivity index (χ1v) is 8.08. The minimum absolute atomic E-state index is 0.0430. The second-order valence-corrected chi connectivity index (χ2v) is 5.92. The zero-order valence-corrected chi connectivity index (χ0v) is 14.0. The zero-order chi connectivity index (χ0) is 18.1. The van der Waals surface area contributed by atoms with E-state index in [1.807, 2.05) is 48.6 Å². The minimum Gasteiger partial charge on any atom is -0.482 e. The highest BCUT2D eigenvalue weighted by Gasteiger charge is 2.15. The number of hydrogen-bond donors (Lipinski definition) is 2. The lowest BCUT2D eigenvalue weighted by Crippen LogP contribution is -2.25. The molecule has 0 saturated carbocycles. The van der Waals surface area contributed by atoms with E-state index < -0.39 is 0 Å². The van der Waals surface area contributed by atoms with Crippen molar-refractivity contribution in [2.24, 2.45) is 0 Å². The number of aromatic nitrogens is 1. The van der Waals surface area contributed by atoms with Crippen LogP contribution in [0.25, 0.3) is 23.1 Å². The van der Waals surface area contributed by atoms with E-state index in [0.29, 0.717) is 17.0 Å². The molecular formula is C20H16N2O4. The molecular weight excluding hydrogens is 332 g/mol. The van der Waals surface area contributed by atoms with Gasteiger partial charge in [-0.05, 0) is 35.4 Å². The first-order chi connectivity index (χ1) is 12.6. The van der Waals surface area contributed by atoms with E-state index >= 15 is 0 Å². The molecule has 4 rings (SSSR count). The Balaban J connectivity index is 1.63. The summed E-state index contributed by atoms with van der Waals surface area (Å²) in [6, 6.07) is 11.4. The number of carbonyl (C=O) groups is 2. The predicted molar refractivity (Wildman–Crippen MR) is 99.1 cm³/mol. The van der Waals surface area contributed by atoms with Gasteiger partial charge in [-0.15, -0.1) is 0 Å². The lowest BCUT2D eigenvalue weighted by atomic mass is 10.1. The Kier molecular flexibility index (Phi) is 3.93. The number of H-pyrrole nitrogens is 1. The molecule has 130 valence electrons. The van der Waals surface area contributed by atoms with E-state index in [2.05, 4.69) is 10.3 Å². The summed E-state index contributed by atoms with van der Waals surface area (Å²) in [5.41, 5.74) is 3.91. The van der Waals surface area contributed by atoms with Crippen molar-refractivity contribution in [3.63, 3.8) is 0 Å². The van der Waals surface area contributed by atoms with Gasteiger partial charge in [-0.1, -0.05) is 24.3 Å². The second kappa shape index (κ2) is 6.40. The number of methoxy groups -OCH3 is 1. The van der Waals surface area contributed by atoms with Crippen LogP contribution in [0, 0.1) is 0 Å². The van der Waals surface area contributed by atoms with Crippen molar-refractivity contribution < 1.29 is 19.1 Å². The molecule has 0 atom stereocenters. The normalized spacial score (nSPS) is 13.3. The number of aromatic amines is 1. The molecule has 0 radical (unpaired) electrons. The molecule has 0 unspecified atom stereocenters. The molecule has 2 N–H and O–H groups in total. The van der Waals surface area contributed by atoms with Crippen LogP contribution in [0.15, 0.2) is 42.6 Å². The number of nitrogens with one attached hydrogen (secondary N) is 2. The maximum Gasteiger partial charge on any atom is 0.340 e. The van der Waals surface area contributed by atoms with Crippen LogP contribution in [0.3, 0.4) is 0 Å². The third-order valence-corrected chi connectivity index (χ3v) is 4.22. The van der Waals surface area contributed by atoms with Gasteiger partial charge in [0.2, 0.25) is 0 Å². The molecule has 2 heterocycles. The quantitative estimate of drug-likeness (QED) is 0.561. The van der Waals surface area contributed by atoms with Crippen LogP contribution in [0.2, 0.25) is 0 Å². The van der Waals surface area contributed by atoms with Crippen LogP contribution >= 0.6 is 0 Å². The SMILES string of the molecule is COC(=O)c1c[nH]c2ccc(/C=C/c3ccc4c(c3)NC(=O)CO4)cc12. The number of amides is 1. The first kappa shape index (κ1) is 16.0. The van der Waals surface area contributed by atoms with Gasteiger partial charge >= 0.3 is 5.97 Å². The Morgan fingerprint density at radius 3 is 2.73 bits per heavy atom. The Bertz CT molecular complexity index is 1050. The molecule has 1 amide bonds. The van der Waals surface area contributed by atoms with Crippen molar-refractivity contribution in [1.29, 1.82) is 0 Å². The van der Waals surface area contributed by atoms with E-state index in [-0.39, 0.29) is 18.5 Å². The molecule has 0 spiro atoms. The molecule has 1 aliphatic rings. The summed E-state index contributed by atoms with van der Waals surface area (Å²) >= 11 is 0. The Morgan fingerprint density at radius 2 is 1.92 bits per heavy atom. The molecule has 26 heavy (non-hydrogen) atoms. The fourth-order valence-electron chi connectivity index (χ4n) is 2.92. The summed E-state index contributed by atoms with van der Waals surface area (Å²) in [5.74, 6) is 0.132. The van der Waals surface area contributed by atoms with Crippen molar-refractivity contribution in [3.05, 3.63) is 59.3 Å². The predicted octanol–water partition coefficient (Wildman–Crippen LogP) is 3.46. The molecule has 6 nitrogen and oxygen atoms in total. The van der Waals surface area contributed by atoms with Gasteiger partial charge in [-0.2, -0.15) is 0 Å². The van der Waals surface area contributed by atoms with Crippen LogP contribution in [-0.2, 0) is 9.53 Å². The topological polar surface area (TPSA) is 80.4 Å². The van der Waals surface area contributed by atoms with Gasteiger partial charge in [0.15, 0.2) is 6.61 Å². The number of carbonyl (C=O) groups excluding carboxylic acids is 2. The van der Waals surface area contributed by atoms with Gasteiger partial charge < -0.3 is 19.8 Å².